The molecule has 2 aromatic carbocycles. The maximum Gasteiger partial charge on any atom is 0.407 e. The maximum absolute atomic E-state index is 13.8. The summed E-state index contributed by atoms with van der Waals surface area (Å²) in [5.74, 6) is -0.0398. The second-order valence-electron chi connectivity index (χ2n) is 11.5. The Hall–Kier alpha value is -2.74. The number of carbonyl (C=O) groups is 1. The number of benzene rings is 2. The van der Waals surface area contributed by atoms with Gasteiger partial charge in [0.15, 0.2) is 6.29 Å². The first-order valence-corrected chi connectivity index (χ1v) is 15.4. The Morgan fingerprint density at radius 1 is 1.20 bits per heavy atom. The molecular formula is C29H42N4O7S. The van der Waals surface area contributed by atoms with Crippen molar-refractivity contribution in [3.05, 3.63) is 60.2 Å². The number of aliphatic hydroxyl groups excluding tert-OH is 1. The van der Waals surface area contributed by atoms with E-state index in [-0.39, 0.29) is 43.2 Å². The van der Waals surface area contributed by atoms with E-state index in [4.69, 9.17) is 25.7 Å². The molecule has 2 heterocycles. The highest BCUT2D eigenvalue weighted by Gasteiger charge is 2.44. The lowest BCUT2D eigenvalue weighted by molar-refractivity contribution is -0.0907. The number of sulfonamides is 1. The quantitative estimate of drug-likeness (QED) is 0.256. The van der Waals surface area contributed by atoms with Crippen LogP contribution in [0.25, 0.3) is 0 Å². The molecule has 2 fully saturated rings. The molecule has 226 valence electrons. The summed E-state index contributed by atoms with van der Waals surface area (Å²) in [7, 11) is -4.06. The van der Waals surface area contributed by atoms with Crippen molar-refractivity contribution in [1.29, 1.82) is 0 Å². The van der Waals surface area contributed by atoms with E-state index in [1.165, 1.54) is 16.4 Å². The van der Waals surface area contributed by atoms with Gasteiger partial charge in [-0.2, -0.15) is 4.31 Å². The third kappa shape index (κ3) is 8.18. The Balaban J connectivity index is 1.56. The van der Waals surface area contributed by atoms with Crippen molar-refractivity contribution in [2.45, 2.75) is 62.5 Å². The van der Waals surface area contributed by atoms with Gasteiger partial charge in [-0.25, -0.2) is 13.2 Å². The van der Waals surface area contributed by atoms with Crippen molar-refractivity contribution in [2.75, 3.05) is 38.6 Å². The molecule has 2 aliphatic heterocycles. The minimum absolute atomic E-state index is 0.0230. The maximum atomic E-state index is 13.8. The van der Waals surface area contributed by atoms with Gasteiger partial charge in [0.25, 0.3) is 0 Å². The number of alkyl carbamates (subject to hydrolysis) is 1. The molecule has 2 aromatic rings. The summed E-state index contributed by atoms with van der Waals surface area (Å²) in [6.45, 7) is 4.84. The summed E-state index contributed by atoms with van der Waals surface area (Å²) in [6, 6.07) is 14.6. The van der Waals surface area contributed by atoms with Gasteiger partial charge in [0, 0.05) is 18.8 Å². The van der Waals surface area contributed by atoms with E-state index in [9.17, 15) is 18.3 Å². The third-order valence-electron chi connectivity index (χ3n) is 7.62. The Morgan fingerprint density at radius 3 is 2.66 bits per heavy atom. The van der Waals surface area contributed by atoms with Gasteiger partial charge in [0.2, 0.25) is 10.0 Å². The van der Waals surface area contributed by atoms with Crippen LogP contribution < -0.4 is 16.8 Å². The largest absolute Gasteiger partial charge is 0.443 e. The molecule has 0 bridgehead atoms. The fourth-order valence-corrected chi connectivity index (χ4v) is 7.08. The Kier molecular flexibility index (Phi) is 10.3. The van der Waals surface area contributed by atoms with Gasteiger partial charge in [-0.3, -0.25) is 0 Å². The minimum Gasteiger partial charge on any atom is -0.443 e. The van der Waals surface area contributed by atoms with Crippen LogP contribution in [0.15, 0.2) is 59.5 Å². The van der Waals surface area contributed by atoms with E-state index in [1.807, 2.05) is 44.2 Å². The molecule has 4 rings (SSSR count). The molecule has 0 spiro atoms. The molecule has 11 nitrogen and oxygen atoms in total. The molecule has 0 unspecified atom stereocenters. The van der Waals surface area contributed by atoms with Crippen molar-refractivity contribution in [2.24, 2.45) is 17.1 Å². The number of nitrogen functional groups attached to an aromatic ring is 1. The fourth-order valence-electron chi connectivity index (χ4n) is 5.38. The molecule has 12 heteroatoms. The van der Waals surface area contributed by atoms with E-state index in [0.717, 1.165) is 12.0 Å². The number of nitrogens with zero attached hydrogens (tertiary/aromatic N) is 1. The van der Waals surface area contributed by atoms with Crippen molar-refractivity contribution in [3.8, 4) is 0 Å². The van der Waals surface area contributed by atoms with Gasteiger partial charge in [-0.1, -0.05) is 50.2 Å². The van der Waals surface area contributed by atoms with Crippen LogP contribution in [0, 0.1) is 11.3 Å². The highest BCUT2D eigenvalue weighted by Crippen LogP contribution is 2.33. The summed E-state index contributed by atoms with van der Waals surface area (Å²) < 4.78 is 45.7. The number of amides is 1. The van der Waals surface area contributed by atoms with Crippen LogP contribution in [0.2, 0.25) is 0 Å². The summed E-state index contributed by atoms with van der Waals surface area (Å²) in [6.07, 6.45) is -1.26. The zero-order chi connectivity index (χ0) is 29.6. The topological polar surface area (TPSA) is 166 Å². The van der Waals surface area contributed by atoms with E-state index in [2.05, 4.69) is 5.32 Å². The molecule has 6 N–H and O–H groups in total. The van der Waals surface area contributed by atoms with Gasteiger partial charge in [0.05, 0.1) is 36.2 Å². The van der Waals surface area contributed by atoms with Crippen LogP contribution in [-0.2, 0) is 30.7 Å². The third-order valence-corrected chi connectivity index (χ3v) is 9.43. The molecule has 5 atom stereocenters. The summed E-state index contributed by atoms with van der Waals surface area (Å²) >= 11 is 0. The number of carbonyl (C=O) groups excluding carboxylic acids is 1. The van der Waals surface area contributed by atoms with Crippen molar-refractivity contribution in [3.63, 3.8) is 0 Å². The fraction of sp³-hybridized carbons (Fsp3) is 0.552. The number of aliphatic hydroxyl groups is 1. The van der Waals surface area contributed by atoms with Gasteiger partial charge in [-0.15, -0.1) is 0 Å². The van der Waals surface area contributed by atoms with E-state index >= 15 is 0 Å². The average Bonchev–Trinajstić information content (AvgIpc) is 3.53. The summed E-state index contributed by atoms with van der Waals surface area (Å²) in [4.78, 5) is 13.1. The molecule has 41 heavy (non-hydrogen) atoms. The highest BCUT2D eigenvalue weighted by atomic mass is 32.2. The van der Waals surface area contributed by atoms with Gasteiger partial charge >= 0.3 is 6.09 Å². The van der Waals surface area contributed by atoms with Crippen molar-refractivity contribution < 1.29 is 32.5 Å². The lowest BCUT2D eigenvalue weighted by atomic mass is 9.89. The average molecular weight is 591 g/mol. The molecule has 0 aliphatic carbocycles. The lowest BCUT2D eigenvalue weighted by Crippen LogP contribution is -2.52. The Labute approximate surface area is 242 Å². The van der Waals surface area contributed by atoms with Crippen LogP contribution in [0.4, 0.5) is 10.5 Å². The monoisotopic (exact) mass is 590 g/mol. The van der Waals surface area contributed by atoms with Crippen LogP contribution in [-0.4, -0.2) is 81.3 Å². The number of hydrogen-bond acceptors (Lipinski definition) is 9. The van der Waals surface area contributed by atoms with Crippen molar-refractivity contribution >= 4 is 21.8 Å². The molecule has 0 saturated carbocycles. The first-order chi connectivity index (χ1) is 19.5. The predicted molar refractivity (Wildman–Crippen MR) is 154 cm³/mol. The van der Waals surface area contributed by atoms with Crippen molar-refractivity contribution in [1.82, 2.24) is 9.62 Å². The molecule has 1 amide bonds. The highest BCUT2D eigenvalue weighted by molar-refractivity contribution is 7.89. The summed E-state index contributed by atoms with van der Waals surface area (Å²) in [5.41, 5.74) is 12.4. The minimum atomic E-state index is -4.06. The number of ether oxygens (including phenoxy) is 3. The standard InChI is InChI=1S/C29H42N4O7S/c1-29(2,12-13-30)19-33(41(36,37)22-10-6-9-21(31)16-22)17-25(34)24(15-20-7-4-3-5-8-20)32-28(35)40-26-18-39-27-23(26)11-14-38-27/h3-10,16,23-27,34H,11-15,17-19,30-31H2,1-2H3,(H,32,35)/t23-,24-,25-,26-,27+/m0/s1. The Morgan fingerprint density at radius 2 is 1.95 bits per heavy atom. The first kappa shape index (κ1) is 31.2. The zero-order valence-corrected chi connectivity index (χ0v) is 24.5. The normalized spacial score (nSPS) is 22.3. The molecule has 2 aliphatic rings. The smallest absolute Gasteiger partial charge is 0.407 e. The van der Waals surface area contributed by atoms with Crippen LogP contribution in [0.5, 0.6) is 0 Å². The zero-order valence-electron chi connectivity index (χ0n) is 23.6. The van der Waals surface area contributed by atoms with Crippen LogP contribution in [0.1, 0.15) is 32.3 Å². The lowest BCUT2D eigenvalue weighted by Gasteiger charge is -2.35. The summed E-state index contributed by atoms with van der Waals surface area (Å²) in [5, 5.41) is 14.3. The number of nitrogens with two attached hydrogens (primary N) is 2. The molecular weight excluding hydrogens is 548 g/mol. The van der Waals surface area contributed by atoms with Crippen LogP contribution in [0.3, 0.4) is 0 Å². The van der Waals surface area contributed by atoms with E-state index in [0.29, 0.717) is 25.3 Å². The number of hydrogen-bond donors (Lipinski definition) is 4. The van der Waals surface area contributed by atoms with Gasteiger partial charge < -0.3 is 36.1 Å². The SMILES string of the molecule is CC(C)(CCN)CN(C[C@H](O)[C@H](Cc1ccccc1)NC(=O)O[C@H]1CO[C@H]2OCC[C@H]21)S(=O)(=O)c1cccc(N)c1. The molecule has 0 radical (unpaired) electrons. The Bertz CT molecular complexity index is 1260. The van der Waals surface area contributed by atoms with E-state index in [1.54, 1.807) is 12.1 Å². The first-order valence-electron chi connectivity index (χ1n) is 14.0. The second kappa shape index (κ2) is 13.5. The molecule has 0 aromatic heterocycles. The van der Waals surface area contributed by atoms with Gasteiger partial charge in [0.1, 0.15) is 6.10 Å². The van der Waals surface area contributed by atoms with E-state index < -0.39 is 39.8 Å². The second-order valence-corrected chi connectivity index (χ2v) is 13.5. The number of nitrogens with one attached hydrogen (secondary N) is 1. The number of anilines is 1. The molecule has 2 saturated heterocycles. The number of fused-ring (bicyclic) bond motifs is 1. The van der Waals surface area contributed by atoms with Crippen LogP contribution >= 0.6 is 0 Å². The van der Waals surface area contributed by atoms with Gasteiger partial charge in [-0.05, 0) is 55.0 Å². The number of rotatable bonds is 13. The predicted octanol–water partition coefficient (Wildman–Crippen LogP) is 2.09.